The van der Waals surface area contributed by atoms with Crippen LogP contribution in [-0.4, -0.2) is 38.0 Å². The lowest BCUT2D eigenvalue weighted by Crippen LogP contribution is -2.31. The lowest BCUT2D eigenvalue weighted by molar-refractivity contribution is -0.117. The van der Waals surface area contributed by atoms with E-state index in [0.29, 0.717) is 12.1 Å². The van der Waals surface area contributed by atoms with Gasteiger partial charge in [-0.05, 0) is 21.0 Å². The summed E-state index contributed by atoms with van der Waals surface area (Å²) in [5.74, 6) is -0.0562. The molecule has 13 heavy (non-hydrogen) atoms. The molecule has 74 valence electrons. The van der Waals surface area contributed by atoms with Crippen LogP contribution in [0.1, 0.15) is 6.92 Å². The molecule has 1 amide bonds. The van der Waals surface area contributed by atoms with Gasteiger partial charge in [-0.15, -0.1) is 0 Å². The fourth-order valence-electron chi connectivity index (χ4n) is 0.837. The van der Waals surface area contributed by atoms with Gasteiger partial charge in [-0.3, -0.25) is 4.79 Å². The van der Waals surface area contributed by atoms with Gasteiger partial charge in [-0.1, -0.05) is 18.7 Å². The molecule has 0 spiro atoms. The average Bonchev–Trinajstić information content (AvgIpc) is 2.05. The molecule has 0 heterocycles. The molecule has 0 radical (unpaired) electrons. The first kappa shape index (κ1) is 11.9. The molecule has 3 heteroatoms. The molecule has 0 bridgehead atoms. The van der Waals surface area contributed by atoms with Crippen LogP contribution in [0.2, 0.25) is 0 Å². The van der Waals surface area contributed by atoms with Gasteiger partial charge in [0.25, 0.3) is 5.91 Å². The molecule has 0 aliphatic heterocycles. The zero-order valence-corrected chi connectivity index (χ0v) is 8.63. The topological polar surface area (TPSA) is 32.3 Å². The van der Waals surface area contributed by atoms with E-state index in [2.05, 4.69) is 11.9 Å². The van der Waals surface area contributed by atoms with Crippen LogP contribution in [0.3, 0.4) is 0 Å². The number of hydrogen-bond donors (Lipinski definition) is 1. The normalized spacial score (nSPS) is 11.5. The molecular weight excluding hydrogens is 164 g/mol. The maximum Gasteiger partial charge on any atom is 0.250 e. The van der Waals surface area contributed by atoms with Crippen LogP contribution >= 0.6 is 0 Å². The fourth-order valence-corrected chi connectivity index (χ4v) is 0.837. The molecule has 0 atom stereocenters. The Morgan fingerprint density at radius 2 is 2.15 bits per heavy atom. The number of amides is 1. The Labute approximate surface area is 80.1 Å². The predicted octanol–water partition coefficient (Wildman–Crippen LogP) is 0.796. The molecule has 0 unspecified atom stereocenters. The maximum atomic E-state index is 11.3. The number of allylic oxidation sites excluding steroid dienone is 1. The van der Waals surface area contributed by atoms with E-state index in [4.69, 9.17) is 0 Å². The van der Waals surface area contributed by atoms with Crippen molar-refractivity contribution < 1.29 is 4.79 Å². The molecule has 0 aromatic carbocycles. The molecule has 3 nitrogen and oxygen atoms in total. The minimum Gasteiger partial charge on any atom is -0.351 e. The summed E-state index contributed by atoms with van der Waals surface area (Å²) in [6.07, 6.45) is 3.31. The van der Waals surface area contributed by atoms with Crippen molar-refractivity contribution in [2.45, 2.75) is 6.92 Å². The summed E-state index contributed by atoms with van der Waals surface area (Å²) in [4.78, 5) is 13.3. The summed E-state index contributed by atoms with van der Waals surface area (Å²) in [6.45, 7) is 6.89. The summed E-state index contributed by atoms with van der Waals surface area (Å²) < 4.78 is 0. The summed E-state index contributed by atoms with van der Waals surface area (Å²) in [5.41, 5.74) is 0.624. The van der Waals surface area contributed by atoms with Crippen molar-refractivity contribution in [1.29, 1.82) is 0 Å². The van der Waals surface area contributed by atoms with E-state index in [1.807, 2.05) is 25.9 Å². The number of rotatable bonds is 5. The van der Waals surface area contributed by atoms with Crippen molar-refractivity contribution in [3.63, 3.8) is 0 Å². The monoisotopic (exact) mass is 182 g/mol. The largest absolute Gasteiger partial charge is 0.351 e. The summed E-state index contributed by atoms with van der Waals surface area (Å²) in [5, 5.41) is 2.80. The first-order chi connectivity index (χ1) is 6.11. The van der Waals surface area contributed by atoms with Crippen LogP contribution in [0.4, 0.5) is 0 Å². The van der Waals surface area contributed by atoms with Crippen LogP contribution in [0.5, 0.6) is 0 Å². The van der Waals surface area contributed by atoms with Crippen molar-refractivity contribution in [3.8, 4) is 0 Å². The number of nitrogens with zero attached hydrogens (tertiary/aromatic N) is 1. The zero-order valence-electron chi connectivity index (χ0n) is 8.63. The first-order valence-corrected chi connectivity index (χ1v) is 4.33. The average molecular weight is 182 g/mol. The van der Waals surface area contributed by atoms with Crippen LogP contribution in [0, 0.1) is 0 Å². The van der Waals surface area contributed by atoms with Crippen LogP contribution in [0.15, 0.2) is 24.3 Å². The smallest absolute Gasteiger partial charge is 0.250 e. The quantitative estimate of drug-likeness (QED) is 0.504. The first-order valence-electron chi connectivity index (χ1n) is 4.33. The molecule has 1 N–H and O–H groups in total. The third-order valence-electron chi connectivity index (χ3n) is 1.64. The van der Waals surface area contributed by atoms with Crippen LogP contribution < -0.4 is 5.32 Å². The second kappa shape index (κ2) is 6.43. The van der Waals surface area contributed by atoms with Gasteiger partial charge < -0.3 is 10.2 Å². The maximum absolute atomic E-state index is 11.3. The van der Waals surface area contributed by atoms with Crippen molar-refractivity contribution in [2.75, 3.05) is 27.2 Å². The number of carbonyl (C=O) groups excluding carboxylic acids is 1. The number of hydrogen-bond acceptors (Lipinski definition) is 2. The Hall–Kier alpha value is -1.09. The molecule has 0 rings (SSSR count). The van der Waals surface area contributed by atoms with E-state index in [-0.39, 0.29) is 5.91 Å². The van der Waals surface area contributed by atoms with Gasteiger partial charge in [0.2, 0.25) is 0 Å². The highest BCUT2D eigenvalue weighted by molar-refractivity contribution is 5.95. The van der Waals surface area contributed by atoms with Crippen molar-refractivity contribution in [1.82, 2.24) is 10.2 Å². The predicted molar refractivity (Wildman–Crippen MR) is 55.5 cm³/mol. The standard InChI is InChI=1S/C10H18N2O/c1-5-9(6-2)10(13)11-7-8-12(3)4/h5-6H,1,7-8H2,2-4H3,(H,11,13). The fraction of sp³-hybridized carbons (Fsp3) is 0.500. The molecule has 0 aromatic heterocycles. The van der Waals surface area contributed by atoms with Gasteiger partial charge in [0.15, 0.2) is 0 Å². The van der Waals surface area contributed by atoms with Gasteiger partial charge >= 0.3 is 0 Å². The van der Waals surface area contributed by atoms with Gasteiger partial charge in [0.1, 0.15) is 0 Å². The lowest BCUT2D eigenvalue weighted by atomic mass is 10.2. The van der Waals surface area contributed by atoms with Gasteiger partial charge in [-0.25, -0.2) is 0 Å². The summed E-state index contributed by atoms with van der Waals surface area (Å²) >= 11 is 0. The second-order valence-corrected chi connectivity index (χ2v) is 3.01. The number of carbonyl (C=O) groups is 1. The van der Waals surface area contributed by atoms with Gasteiger partial charge in [0, 0.05) is 18.7 Å². The van der Waals surface area contributed by atoms with Crippen molar-refractivity contribution >= 4 is 5.91 Å². The van der Waals surface area contributed by atoms with E-state index in [1.165, 1.54) is 0 Å². The Morgan fingerprint density at radius 1 is 1.54 bits per heavy atom. The molecule has 0 saturated carbocycles. The van der Waals surface area contributed by atoms with E-state index < -0.39 is 0 Å². The van der Waals surface area contributed by atoms with Crippen molar-refractivity contribution in [3.05, 3.63) is 24.3 Å². The Balaban J connectivity index is 3.81. The second-order valence-electron chi connectivity index (χ2n) is 3.01. The van der Waals surface area contributed by atoms with E-state index in [0.717, 1.165) is 6.54 Å². The van der Waals surface area contributed by atoms with Crippen LogP contribution in [-0.2, 0) is 4.79 Å². The zero-order chi connectivity index (χ0) is 10.3. The van der Waals surface area contributed by atoms with Gasteiger partial charge in [0.05, 0.1) is 0 Å². The summed E-state index contributed by atoms with van der Waals surface area (Å²) in [7, 11) is 3.94. The highest BCUT2D eigenvalue weighted by Gasteiger charge is 2.02. The lowest BCUT2D eigenvalue weighted by Gasteiger charge is -2.10. The highest BCUT2D eigenvalue weighted by Crippen LogP contribution is 1.93. The highest BCUT2D eigenvalue weighted by atomic mass is 16.1. The van der Waals surface area contributed by atoms with E-state index in [1.54, 1.807) is 12.2 Å². The minimum atomic E-state index is -0.0562. The Kier molecular flexibility index (Phi) is 5.89. The molecule has 0 saturated heterocycles. The molecule has 0 aliphatic carbocycles. The summed E-state index contributed by atoms with van der Waals surface area (Å²) in [6, 6.07) is 0. The minimum absolute atomic E-state index is 0.0562. The molecule has 0 fully saturated rings. The molecular formula is C10H18N2O. The Bertz CT molecular complexity index is 207. The molecule has 0 aliphatic rings. The molecule has 0 aromatic rings. The number of likely N-dealkylation sites (N-methyl/N-ethyl adjacent to an activating group) is 1. The third-order valence-corrected chi connectivity index (χ3v) is 1.64. The van der Waals surface area contributed by atoms with Gasteiger partial charge in [-0.2, -0.15) is 0 Å². The van der Waals surface area contributed by atoms with E-state index in [9.17, 15) is 4.79 Å². The SMILES string of the molecule is C=CC(=CC)C(=O)NCCN(C)C. The number of nitrogens with one attached hydrogen (secondary N) is 1. The van der Waals surface area contributed by atoms with Crippen molar-refractivity contribution in [2.24, 2.45) is 0 Å². The van der Waals surface area contributed by atoms with Crippen LogP contribution in [0.25, 0.3) is 0 Å². The van der Waals surface area contributed by atoms with E-state index >= 15 is 0 Å². The Morgan fingerprint density at radius 3 is 2.54 bits per heavy atom. The third kappa shape index (κ3) is 5.20.